The second-order valence-electron chi connectivity index (χ2n) is 5.62. The summed E-state index contributed by atoms with van der Waals surface area (Å²) in [5.41, 5.74) is 0.259. The van der Waals surface area contributed by atoms with E-state index in [0.29, 0.717) is 12.8 Å². The summed E-state index contributed by atoms with van der Waals surface area (Å²) in [4.78, 5) is 24.0. The number of ether oxygens (including phenoxy) is 1. The third kappa shape index (κ3) is 4.90. The highest BCUT2D eigenvalue weighted by molar-refractivity contribution is 7.89. The molecule has 0 spiro atoms. The third-order valence-corrected chi connectivity index (χ3v) is 4.61. The lowest BCUT2D eigenvalue weighted by Gasteiger charge is -2.19. The van der Waals surface area contributed by atoms with Crippen LogP contribution in [0.15, 0.2) is 41.3 Å². The van der Waals surface area contributed by atoms with Crippen LogP contribution in [-0.4, -0.2) is 26.4 Å². The van der Waals surface area contributed by atoms with E-state index in [4.69, 9.17) is 9.88 Å². The fraction of sp³-hybridized carbons (Fsp3) is 0.375. The van der Waals surface area contributed by atoms with Crippen molar-refractivity contribution in [3.05, 3.63) is 36.4 Å². The monoisotopic (exact) mass is 352 g/mol. The quantitative estimate of drug-likeness (QED) is 0.616. The molecule has 8 heteroatoms. The highest BCUT2D eigenvalue weighted by Crippen LogP contribution is 2.20. The Kier molecular flexibility index (Phi) is 5.74. The number of hydrogen-bond donors (Lipinski definition) is 2. The van der Waals surface area contributed by atoms with Gasteiger partial charge in [0.05, 0.1) is 10.8 Å². The number of benzene rings is 1. The standard InChI is InChI=1S/C16H20N2O5S/c1-11(23-16(20)12-6-3-2-4-7-12)15(19)18-13-8-5-9-14(10-13)24(17,21)22/h2-3,5,8-12H,4,6-7H2,1H3,(H,18,19)(H2,17,21,22)/t11-,12-/m0/s1. The molecule has 2 atom stereocenters. The molecule has 24 heavy (non-hydrogen) atoms. The lowest BCUT2D eigenvalue weighted by atomic mass is 9.95. The predicted molar refractivity (Wildman–Crippen MR) is 88.5 cm³/mol. The Bertz CT molecular complexity index is 757. The molecule has 1 aliphatic rings. The van der Waals surface area contributed by atoms with Crippen LogP contribution in [0.1, 0.15) is 26.2 Å². The maximum absolute atomic E-state index is 12.1. The number of esters is 1. The van der Waals surface area contributed by atoms with Crippen molar-refractivity contribution >= 4 is 27.6 Å². The molecule has 0 aliphatic heterocycles. The van der Waals surface area contributed by atoms with Gasteiger partial charge in [-0.05, 0) is 44.4 Å². The number of sulfonamides is 1. The van der Waals surface area contributed by atoms with E-state index in [2.05, 4.69) is 5.32 Å². The molecule has 0 aromatic heterocycles. The fourth-order valence-electron chi connectivity index (χ4n) is 2.33. The van der Waals surface area contributed by atoms with Crippen LogP contribution in [0.2, 0.25) is 0 Å². The molecule has 0 unspecified atom stereocenters. The molecule has 2 rings (SSSR count). The molecule has 0 fully saturated rings. The highest BCUT2D eigenvalue weighted by Gasteiger charge is 2.25. The summed E-state index contributed by atoms with van der Waals surface area (Å²) in [6, 6.07) is 5.55. The van der Waals surface area contributed by atoms with E-state index in [1.807, 2.05) is 12.2 Å². The van der Waals surface area contributed by atoms with Crippen molar-refractivity contribution in [2.24, 2.45) is 11.1 Å². The van der Waals surface area contributed by atoms with E-state index in [-0.39, 0.29) is 16.5 Å². The number of primary sulfonamides is 1. The zero-order valence-corrected chi connectivity index (χ0v) is 14.1. The van der Waals surface area contributed by atoms with Crippen molar-refractivity contribution in [3.63, 3.8) is 0 Å². The second kappa shape index (κ2) is 7.59. The smallest absolute Gasteiger partial charge is 0.310 e. The van der Waals surface area contributed by atoms with Crippen LogP contribution in [0, 0.1) is 5.92 Å². The molecule has 0 bridgehead atoms. The Hall–Kier alpha value is -2.19. The van der Waals surface area contributed by atoms with Crippen molar-refractivity contribution in [2.45, 2.75) is 37.2 Å². The van der Waals surface area contributed by atoms with E-state index in [1.165, 1.54) is 31.2 Å². The Labute approximate surface area is 140 Å². The van der Waals surface area contributed by atoms with Gasteiger partial charge in [0.15, 0.2) is 6.10 Å². The number of carbonyl (C=O) groups excluding carboxylic acids is 2. The van der Waals surface area contributed by atoms with Gasteiger partial charge in [-0.25, -0.2) is 13.6 Å². The summed E-state index contributed by atoms with van der Waals surface area (Å²) in [5, 5.41) is 7.56. The minimum absolute atomic E-state index is 0.112. The van der Waals surface area contributed by atoms with Gasteiger partial charge in [0.25, 0.3) is 5.91 Å². The molecule has 0 radical (unpaired) electrons. The molecule has 0 heterocycles. The van der Waals surface area contributed by atoms with Gasteiger partial charge in [0, 0.05) is 5.69 Å². The van der Waals surface area contributed by atoms with Crippen LogP contribution in [-0.2, 0) is 24.3 Å². The van der Waals surface area contributed by atoms with E-state index >= 15 is 0 Å². The second-order valence-corrected chi connectivity index (χ2v) is 7.18. The largest absolute Gasteiger partial charge is 0.452 e. The lowest BCUT2D eigenvalue weighted by Crippen LogP contribution is -2.32. The summed E-state index contributed by atoms with van der Waals surface area (Å²) in [5.74, 6) is -1.17. The topological polar surface area (TPSA) is 116 Å². The molecule has 0 saturated carbocycles. The predicted octanol–water partition coefficient (Wildman–Crippen LogP) is 1.56. The number of amides is 1. The van der Waals surface area contributed by atoms with Crippen molar-refractivity contribution < 1.29 is 22.7 Å². The number of hydrogen-bond acceptors (Lipinski definition) is 5. The molecular weight excluding hydrogens is 332 g/mol. The molecule has 130 valence electrons. The van der Waals surface area contributed by atoms with E-state index in [9.17, 15) is 18.0 Å². The minimum atomic E-state index is -3.86. The van der Waals surface area contributed by atoms with E-state index in [0.717, 1.165) is 6.42 Å². The first-order chi connectivity index (χ1) is 11.3. The first-order valence-corrected chi connectivity index (χ1v) is 9.11. The van der Waals surface area contributed by atoms with E-state index < -0.39 is 28.0 Å². The lowest BCUT2D eigenvalue weighted by molar-refractivity contribution is -0.157. The summed E-state index contributed by atoms with van der Waals surface area (Å²) in [6.45, 7) is 1.47. The van der Waals surface area contributed by atoms with Gasteiger partial charge in [0.2, 0.25) is 10.0 Å². The Morgan fingerprint density at radius 3 is 2.71 bits per heavy atom. The van der Waals surface area contributed by atoms with Gasteiger partial charge in [-0.3, -0.25) is 9.59 Å². The van der Waals surface area contributed by atoms with Gasteiger partial charge in [-0.2, -0.15) is 0 Å². The Morgan fingerprint density at radius 2 is 2.08 bits per heavy atom. The zero-order chi connectivity index (χ0) is 17.7. The van der Waals surface area contributed by atoms with Gasteiger partial charge in [0.1, 0.15) is 0 Å². The zero-order valence-electron chi connectivity index (χ0n) is 13.3. The molecule has 1 aromatic rings. The van der Waals surface area contributed by atoms with Crippen LogP contribution < -0.4 is 10.5 Å². The molecule has 0 saturated heterocycles. The average Bonchev–Trinajstić information content (AvgIpc) is 2.55. The maximum atomic E-state index is 12.1. The van der Waals surface area contributed by atoms with Crippen molar-refractivity contribution in [1.82, 2.24) is 0 Å². The maximum Gasteiger partial charge on any atom is 0.310 e. The molecule has 1 aromatic carbocycles. The van der Waals surface area contributed by atoms with Crippen LogP contribution >= 0.6 is 0 Å². The molecule has 7 nitrogen and oxygen atoms in total. The molecule has 1 amide bonds. The first-order valence-electron chi connectivity index (χ1n) is 7.56. The van der Waals surface area contributed by atoms with Crippen LogP contribution in [0.4, 0.5) is 5.69 Å². The number of rotatable bonds is 5. The minimum Gasteiger partial charge on any atom is -0.452 e. The normalized spacial score (nSPS) is 18.7. The number of nitrogens with one attached hydrogen (secondary N) is 1. The van der Waals surface area contributed by atoms with Crippen LogP contribution in [0.5, 0.6) is 0 Å². The summed E-state index contributed by atoms with van der Waals surface area (Å²) >= 11 is 0. The number of anilines is 1. The van der Waals surface area contributed by atoms with Crippen molar-refractivity contribution in [1.29, 1.82) is 0 Å². The number of nitrogens with two attached hydrogens (primary N) is 1. The van der Waals surface area contributed by atoms with Crippen LogP contribution in [0.25, 0.3) is 0 Å². The van der Waals surface area contributed by atoms with Gasteiger partial charge in [-0.1, -0.05) is 18.2 Å². The van der Waals surface area contributed by atoms with Gasteiger partial charge < -0.3 is 10.1 Å². The number of carbonyl (C=O) groups is 2. The van der Waals surface area contributed by atoms with Gasteiger partial charge >= 0.3 is 5.97 Å². The molecule has 3 N–H and O–H groups in total. The van der Waals surface area contributed by atoms with Crippen molar-refractivity contribution in [2.75, 3.05) is 5.32 Å². The van der Waals surface area contributed by atoms with Crippen molar-refractivity contribution in [3.8, 4) is 0 Å². The van der Waals surface area contributed by atoms with E-state index in [1.54, 1.807) is 0 Å². The molecule has 1 aliphatic carbocycles. The fourth-order valence-corrected chi connectivity index (χ4v) is 2.89. The third-order valence-electron chi connectivity index (χ3n) is 3.69. The number of allylic oxidation sites excluding steroid dienone is 2. The average molecular weight is 352 g/mol. The SMILES string of the molecule is C[C@H](OC(=O)[C@H]1CC=CCC1)C(=O)Nc1cccc(S(N)(=O)=O)c1. The highest BCUT2D eigenvalue weighted by atomic mass is 32.2. The molecular formula is C16H20N2O5S. The summed E-state index contributed by atoms with van der Waals surface area (Å²) in [6.07, 6.45) is 5.10. The summed E-state index contributed by atoms with van der Waals surface area (Å²) in [7, 11) is -3.86. The first kappa shape index (κ1) is 18.2. The Morgan fingerprint density at radius 1 is 1.33 bits per heavy atom. The van der Waals surface area contributed by atoms with Crippen LogP contribution in [0.3, 0.4) is 0 Å². The summed E-state index contributed by atoms with van der Waals surface area (Å²) < 4.78 is 27.8. The van der Waals surface area contributed by atoms with Gasteiger partial charge in [-0.15, -0.1) is 0 Å². The Balaban J connectivity index is 1.96.